The zero-order valence-corrected chi connectivity index (χ0v) is 18.7. The van der Waals surface area contributed by atoms with E-state index in [1.54, 1.807) is 0 Å². The molecule has 1 aliphatic carbocycles. The van der Waals surface area contributed by atoms with Crippen LogP contribution < -0.4 is 0 Å². The first kappa shape index (κ1) is 20.7. The van der Waals surface area contributed by atoms with Crippen LogP contribution in [0.4, 0.5) is 0 Å². The fourth-order valence-corrected chi connectivity index (χ4v) is 5.68. The highest BCUT2D eigenvalue weighted by Crippen LogP contribution is 2.58. The van der Waals surface area contributed by atoms with Crippen LogP contribution >= 0.6 is 11.6 Å². The monoisotopic (exact) mass is 413 g/mol. The average Bonchev–Trinajstić information content (AvgIpc) is 3.02. The number of nitrogens with zero attached hydrogens (tertiary/aromatic N) is 1. The van der Waals surface area contributed by atoms with E-state index in [-0.39, 0.29) is 22.7 Å². The molecule has 0 radical (unpaired) electrons. The third-order valence-electron chi connectivity index (χ3n) is 7.70. The zero-order valence-electron chi connectivity index (χ0n) is 17.9. The van der Waals surface area contributed by atoms with Gasteiger partial charge in [0.2, 0.25) is 0 Å². The van der Waals surface area contributed by atoms with Gasteiger partial charge in [-0.3, -0.25) is 4.90 Å². The molecule has 0 spiro atoms. The molecule has 1 heterocycles. The van der Waals surface area contributed by atoms with Crippen molar-refractivity contribution in [2.75, 3.05) is 13.1 Å². The Labute approximate surface area is 179 Å². The summed E-state index contributed by atoms with van der Waals surface area (Å²) in [6.07, 6.45) is 2.14. The molecule has 1 fully saturated rings. The Kier molecular flexibility index (Phi) is 5.43. The molecule has 4 heteroatoms. The van der Waals surface area contributed by atoms with Gasteiger partial charge in [0.15, 0.2) is 0 Å². The van der Waals surface area contributed by atoms with Crippen molar-refractivity contribution in [2.45, 2.75) is 64.7 Å². The van der Waals surface area contributed by atoms with Crippen molar-refractivity contribution in [1.82, 2.24) is 4.90 Å². The first-order valence-electron chi connectivity index (χ1n) is 10.6. The van der Waals surface area contributed by atoms with Gasteiger partial charge in [0, 0.05) is 18.2 Å². The van der Waals surface area contributed by atoms with Crippen molar-refractivity contribution >= 4 is 11.6 Å². The lowest BCUT2D eigenvalue weighted by Crippen LogP contribution is -2.54. The Balaban J connectivity index is 1.53. The summed E-state index contributed by atoms with van der Waals surface area (Å²) in [7, 11) is 0. The van der Waals surface area contributed by atoms with E-state index in [1.807, 2.05) is 12.1 Å². The van der Waals surface area contributed by atoms with Crippen LogP contribution in [0.25, 0.3) is 0 Å². The molecule has 3 atom stereocenters. The van der Waals surface area contributed by atoms with Crippen molar-refractivity contribution in [3.05, 3.63) is 64.2 Å². The normalized spacial score (nSPS) is 26.7. The van der Waals surface area contributed by atoms with Gasteiger partial charge in [-0.15, -0.1) is 0 Å². The van der Waals surface area contributed by atoms with Gasteiger partial charge in [-0.1, -0.05) is 68.8 Å². The number of fused-ring (bicyclic) bond motifs is 2. The van der Waals surface area contributed by atoms with Gasteiger partial charge in [0.1, 0.15) is 5.75 Å². The van der Waals surface area contributed by atoms with E-state index < -0.39 is 0 Å². The minimum absolute atomic E-state index is 0.0315. The topological polar surface area (TPSA) is 32.7 Å². The zero-order chi connectivity index (χ0) is 20.8. The summed E-state index contributed by atoms with van der Waals surface area (Å²) < 4.78 is 6.15. The Morgan fingerprint density at radius 1 is 1.17 bits per heavy atom. The number of likely N-dealkylation sites (tertiary alicyclic amines) is 1. The number of halogens is 1. The van der Waals surface area contributed by atoms with Crippen LogP contribution in [-0.4, -0.2) is 35.2 Å². The lowest BCUT2D eigenvalue weighted by atomic mass is 9.54. The fraction of sp³-hybridized carbons (Fsp3) is 0.520. The maximum absolute atomic E-state index is 10.7. The van der Waals surface area contributed by atoms with E-state index in [0.29, 0.717) is 17.7 Å². The Bertz CT molecular complexity index is 882. The van der Waals surface area contributed by atoms with Gasteiger partial charge >= 0.3 is 0 Å². The number of benzene rings is 2. The first-order chi connectivity index (χ1) is 13.7. The second-order valence-corrected chi connectivity index (χ2v) is 9.94. The molecule has 1 aliphatic heterocycles. The molecule has 4 rings (SSSR count). The number of ether oxygens (including phenoxy) is 1. The minimum atomic E-state index is -0.0315. The van der Waals surface area contributed by atoms with Crippen LogP contribution in [0.2, 0.25) is 5.02 Å². The minimum Gasteiger partial charge on any atom is -0.506 e. The molecule has 29 heavy (non-hydrogen) atoms. The lowest BCUT2D eigenvalue weighted by Gasteiger charge is -2.52. The number of hydrogen-bond donors (Lipinski definition) is 1. The van der Waals surface area contributed by atoms with Gasteiger partial charge in [-0.25, -0.2) is 0 Å². The molecule has 0 unspecified atom stereocenters. The van der Waals surface area contributed by atoms with Crippen molar-refractivity contribution in [2.24, 2.45) is 5.41 Å². The Morgan fingerprint density at radius 2 is 1.90 bits per heavy atom. The quantitative estimate of drug-likeness (QED) is 0.695. The molecule has 0 amide bonds. The van der Waals surface area contributed by atoms with Crippen LogP contribution in [0.5, 0.6) is 5.75 Å². The van der Waals surface area contributed by atoms with E-state index in [1.165, 1.54) is 11.1 Å². The molecule has 0 saturated carbocycles. The molecule has 1 N–H and O–H groups in total. The summed E-state index contributed by atoms with van der Waals surface area (Å²) in [5, 5.41) is 11.1. The summed E-state index contributed by atoms with van der Waals surface area (Å²) in [6, 6.07) is 14.7. The maximum atomic E-state index is 10.7. The molecule has 2 aromatic carbocycles. The smallest absolute Gasteiger partial charge is 0.137 e. The Morgan fingerprint density at radius 3 is 2.62 bits per heavy atom. The number of hydrogen-bond acceptors (Lipinski definition) is 3. The predicted molar refractivity (Wildman–Crippen MR) is 119 cm³/mol. The largest absolute Gasteiger partial charge is 0.506 e. The van der Waals surface area contributed by atoms with Crippen LogP contribution in [0, 0.1) is 5.41 Å². The van der Waals surface area contributed by atoms with E-state index in [9.17, 15) is 5.11 Å². The fourth-order valence-electron chi connectivity index (χ4n) is 5.50. The van der Waals surface area contributed by atoms with Gasteiger partial charge < -0.3 is 9.84 Å². The molecule has 156 valence electrons. The predicted octanol–water partition coefficient (Wildman–Crippen LogP) is 5.57. The van der Waals surface area contributed by atoms with Crippen LogP contribution in [-0.2, 0) is 23.2 Å². The standard InChI is InChI=1S/C25H32ClNO2/c1-17(29-16-18-8-6-5-7-9-18)15-27-13-12-25(4)22(27)14-19-20(24(25,2)3)10-11-21(26)23(19)28/h5-11,17,22,28H,12-16H2,1-4H3/t17-,22+,25-/m1/s1. The molecule has 0 bridgehead atoms. The SMILES string of the molecule is C[C@H](CN1CC[C@]2(C)[C@@H]1Cc1c(ccc(Cl)c1O)C2(C)C)OCc1ccccc1. The number of aromatic hydroxyl groups is 1. The van der Waals surface area contributed by atoms with Crippen molar-refractivity contribution in [1.29, 1.82) is 0 Å². The summed E-state index contributed by atoms with van der Waals surface area (Å²) in [5.41, 5.74) is 3.59. The summed E-state index contributed by atoms with van der Waals surface area (Å²) in [4.78, 5) is 2.57. The molecule has 0 aromatic heterocycles. The van der Waals surface area contributed by atoms with Crippen molar-refractivity contribution < 1.29 is 9.84 Å². The van der Waals surface area contributed by atoms with E-state index >= 15 is 0 Å². The highest BCUT2D eigenvalue weighted by atomic mass is 35.5. The number of phenolic OH excluding ortho intramolecular Hbond substituents is 1. The highest BCUT2D eigenvalue weighted by Gasteiger charge is 2.57. The molecular weight excluding hydrogens is 382 g/mol. The number of rotatable bonds is 5. The van der Waals surface area contributed by atoms with Crippen molar-refractivity contribution in [3.63, 3.8) is 0 Å². The second-order valence-electron chi connectivity index (χ2n) is 9.54. The van der Waals surface area contributed by atoms with Gasteiger partial charge in [-0.2, -0.15) is 0 Å². The molecule has 1 saturated heterocycles. The van der Waals surface area contributed by atoms with Crippen LogP contribution in [0.3, 0.4) is 0 Å². The number of phenols is 1. The maximum Gasteiger partial charge on any atom is 0.137 e. The average molecular weight is 414 g/mol. The third kappa shape index (κ3) is 3.48. The van der Waals surface area contributed by atoms with E-state index in [4.69, 9.17) is 16.3 Å². The van der Waals surface area contributed by atoms with Crippen molar-refractivity contribution in [3.8, 4) is 5.75 Å². The molecular formula is C25H32ClNO2. The second kappa shape index (κ2) is 7.61. The lowest BCUT2D eigenvalue weighted by molar-refractivity contribution is 0.00734. The van der Waals surface area contributed by atoms with Crippen LogP contribution in [0.1, 0.15) is 50.8 Å². The van der Waals surface area contributed by atoms with Gasteiger partial charge in [0.05, 0.1) is 17.7 Å². The third-order valence-corrected chi connectivity index (χ3v) is 8.00. The summed E-state index contributed by atoms with van der Waals surface area (Å²) >= 11 is 6.25. The summed E-state index contributed by atoms with van der Waals surface area (Å²) in [5.74, 6) is 0.263. The highest BCUT2D eigenvalue weighted by molar-refractivity contribution is 6.32. The first-order valence-corrected chi connectivity index (χ1v) is 11.0. The molecule has 2 aliphatic rings. The van der Waals surface area contributed by atoms with E-state index in [0.717, 1.165) is 31.5 Å². The van der Waals surface area contributed by atoms with Crippen LogP contribution in [0.15, 0.2) is 42.5 Å². The van der Waals surface area contributed by atoms with E-state index in [2.05, 4.69) is 62.9 Å². The molecule has 3 nitrogen and oxygen atoms in total. The molecule has 2 aromatic rings. The van der Waals surface area contributed by atoms with Gasteiger partial charge in [0.25, 0.3) is 0 Å². The van der Waals surface area contributed by atoms with Gasteiger partial charge in [-0.05, 0) is 54.3 Å². The Hall–Kier alpha value is -1.55. The summed E-state index contributed by atoms with van der Waals surface area (Å²) in [6.45, 7) is 11.8.